The van der Waals surface area contributed by atoms with Crippen molar-refractivity contribution in [3.05, 3.63) is 65.3 Å². The molecule has 0 aromatic heterocycles. The van der Waals surface area contributed by atoms with Crippen LogP contribution in [0.25, 0.3) is 0 Å². The molecule has 1 heterocycles. The number of ether oxygens (including phenoxy) is 2. The van der Waals surface area contributed by atoms with Gasteiger partial charge in [-0.25, -0.2) is 12.8 Å². The van der Waals surface area contributed by atoms with Crippen LogP contribution in [0.5, 0.6) is 11.5 Å². The van der Waals surface area contributed by atoms with Crippen LogP contribution < -0.4 is 14.4 Å². The number of halogens is 1. The van der Waals surface area contributed by atoms with Gasteiger partial charge in [-0.1, -0.05) is 6.07 Å². The number of anilines is 1. The van der Waals surface area contributed by atoms with E-state index in [4.69, 9.17) is 9.47 Å². The van der Waals surface area contributed by atoms with E-state index in [2.05, 4.69) is 0 Å². The number of nitrogens with zero attached hydrogens (tertiary/aromatic N) is 1. The number of sulfone groups is 1. The Kier molecular flexibility index (Phi) is 5.18. The molecule has 6 nitrogen and oxygen atoms in total. The van der Waals surface area contributed by atoms with Crippen molar-refractivity contribution < 1.29 is 27.1 Å². The van der Waals surface area contributed by atoms with Gasteiger partial charge in [-0.15, -0.1) is 0 Å². The van der Waals surface area contributed by atoms with Crippen molar-refractivity contribution in [2.75, 3.05) is 24.9 Å². The van der Waals surface area contributed by atoms with E-state index in [1.807, 2.05) is 0 Å². The highest BCUT2D eigenvalue weighted by atomic mass is 32.2. The van der Waals surface area contributed by atoms with Crippen molar-refractivity contribution in [2.45, 2.75) is 6.04 Å². The lowest BCUT2D eigenvalue weighted by Gasteiger charge is -2.29. The molecule has 27 heavy (non-hydrogen) atoms. The Bertz CT molecular complexity index is 1000. The minimum absolute atomic E-state index is 0.102. The van der Waals surface area contributed by atoms with Crippen molar-refractivity contribution in [1.82, 2.24) is 0 Å². The summed E-state index contributed by atoms with van der Waals surface area (Å²) in [7, 11) is -0.487. The average molecular weight is 391 g/mol. The molecule has 2 aromatic rings. The highest BCUT2D eigenvalue weighted by Crippen LogP contribution is 2.35. The summed E-state index contributed by atoms with van der Waals surface area (Å²) in [5.41, 5.74) is 0.463. The summed E-state index contributed by atoms with van der Waals surface area (Å²) in [6.45, 7) is 0. The Hall–Kier alpha value is -2.87. The van der Waals surface area contributed by atoms with Crippen LogP contribution >= 0.6 is 0 Å². The summed E-state index contributed by atoms with van der Waals surface area (Å²) >= 11 is 0. The molecule has 0 saturated heterocycles. The van der Waals surface area contributed by atoms with Crippen LogP contribution in [0.15, 0.2) is 53.9 Å². The van der Waals surface area contributed by atoms with Gasteiger partial charge in [0.1, 0.15) is 17.3 Å². The average Bonchev–Trinajstić information content (AvgIpc) is 3.01. The van der Waals surface area contributed by atoms with Crippen molar-refractivity contribution >= 4 is 21.4 Å². The molecule has 142 valence electrons. The smallest absolute Gasteiger partial charge is 0.259 e. The van der Waals surface area contributed by atoms with Gasteiger partial charge in [0.25, 0.3) is 5.91 Å². The Labute approximate surface area is 156 Å². The second-order valence-corrected chi connectivity index (χ2v) is 7.88. The molecule has 1 aliphatic heterocycles. The van der Waals surface area contributed by atoms with Crippen molar-refractivity contribution in [3.8, 4) is 11.5 Å². The lowest BCUT2D eigenvalue weighted by molar-refractivity contribution is 0.0982. The Balaban J connectivity index is 2.11. The molecule has 8 heteroatoms. The minimum atomic E-state index is -3.42. The Morgan fingerprint density at radius 3 is 2.52 bits per heavy atom. The SMILES string of the molecule is COc1ccc(N(C(=O)c2cccc(F)c2)C2C=CS(=O)(=O)C2)c(OC)c1. The third kappa shape index (κ3) is 3.95. The fourth-order valence-electron chi connectivity index (χ4n) is 2.90. The van der Waals surface area contributed by atoms with Crippen LogP contribution in [0.4, 0.5) is 10.1 Å². The summed E-state index contributed by atoms with van der Waals surface area (Å²) in [4.78, 5) is 14.5. The summed E-state index contributed by atoms with van der Waals surface area (Å²) in [6, 6.07) is 9.33. The van der Waals surface area contributed by atoms with E-state index >= 15 is 0 Å². The molecular weight excluding hydrogens is 373 g/mol. The van der Waals surface area contributed by atoms with E-state index in [9.17, 15) is 17.6 Å². The maximum absolute atomic E-state index is 13.6. The van der Waals surface area contributed by atoms with Gasteiger partial charge in [-0.05, 0) is 36.4 Å². The topological polar surface area (TPSA) is 72.9 Å². The quantitative estimate of drug-likeness (QED) is 0.784. The van der Waals surface area contributed by atoms with Crippen LogP contribution in [0.3, 0.4) is 0 Å². The van der Waals surface area contributed by atoms with E-state index in [1.54, 1.807) is 18.2 Å². The third-order valence-corrected chi connectivity index (χ3v) is 5.56. The van der Waals surface area contributed by atoms with Gasteiger partial charge in [-0.2, -0.15) is 0 Å². The number of rotatable bonds is 5. The van der Waals surface area contributed by atoms with Gasteiger partial charge >= 0.3 is 0 Å². The number of carbonyl (C=O) groups is 1. The molecule has 0 N–H and O–H groups in total. The second-order valence-electron chi connectivity index (χ2n) is 5.95. The lowest BCUT2D eigenvalue weighted by atomic mass is 10.1. The van der Waals surface area contributed by atoms with Gasteiger partial charge in [0.05, 0.1) is 31.7 Å². The molecular formula is C19H18FNO5S. The van der Waals surface area contributed by atoms with E-state index < -0.39 is 27.6 Å². The molecule has 0 saturated carbocycles. The number of carbonyl (C=O) groups excluding carboxylic acids is 1. The molecule has 0 radical (unpaired) electrons. The normalized spacial score (nSPS) is 17.5. The third-order valence-electron chi connectivity index (χ3n) is 4.18. The van der Waals surface area contributed by atoms with E-state index in [1.165, 1.54) is 43.4 Å². The standard InChI is InChI=1S/C19H18FNO5S/c1-25-16-6-7-17(18(11-16)26-2)21(15-8-9-27(23,24)12-15)19(22)13-4-3-5-14(20)10-13/h3-11,15H,12H2,1-2H3. The number of methoxy groups -OCH3 is 2. The maximum atomic E-state index is 13.6. The lowest BCUT2D eigenvalue weighted by Crippen LogP contribution is -2.41. The van der Waals surface area contributed by atoms with Crippen LogP contribution in [0.2, 0.25) is 0 Å². The second kappa shape index (κ2) is 7.40. The zero-order valence-electron chi connectivity index (χ0n) is 14.8. The highest BCUT2D eigenvalue weighted by Gasteiger charge is 2.33. The Morgan fingerprint density at radius 2 is 1.93 bits per heavy atom. The van der Waals surface area contributed by atoms with Crippen LogP contribution in [0, 0.1) is 5.82 Å². The monoisotopic (exact) mass is 391 g/mol. The first-order valence-electron chi connectivity index (χ1n) is 8.07. The first-order valence-corrected chi connectivity index (χ1v) is 9.78. The molecule has 0 aliphatic carbocycles. The zero-order chi connectivity index (χ0) is 19.6. The Morgan fingerprint density at radius 1 is 1.15 bits per heavy atom. The highest BCUT2D eigenvalue weighted by molar-refractivity contribution is 7.94. The predicted molar refractivity (Wildman–Crippen MR) is 99.5 cm³/mol. The number of amides is 1. The molecule has 0 bridgehead atoms. The number of benzene rings is 2. The zero-order valence-corrected chi connectivity index (χ0v) is 15.6. The summed E-state index contributed by atoms with van der Waals surface area (Å²) in [5.74, 6) is -0.509. The van der Waals surface area contributed by atoms with Crippen molar-refractivity contribution in [2.24, 2.45) is 0 Å². The maximum Gasteiger partial charge on any atom is 0.259 e. The molecule has 2 aromatic carbocycles. The van der Waals surface area contributed by atoms with Crippen LogP contribution in [-0.4, -0.2) is 40.3 Å². The van der Waals surface area contributed by atoms with E-state index in [0.717, 1.165) is 11.5 Å². The molecule has 1 aliphatic rings. The van der Waals surface area contributed by atoms with Gasteiger partial charge in [0, 0.05) is 17.0 Å². The van der Waals surface area contributed by atoms with Crippen LogP contribution in [-0.2, 0) is 9.84 Å². The van der Waals surface area contributed by atoms with Crippen molar-refractivity contribution in [3.63, 3.8) is 0 Å². The molecule has 0 fully saturated rings. The summed E-state index contributed by atoms with van der Waals surface area (Å²) < 4.78 is 48.0. The first-order chi connectivity index (χ1) is 12.8. The molecule has 1 amide bonds. The van der Waals surface area contributed by atoms with Crippen LogP contribution in [0.1, 0.15) is 10.4 Å². The van der Waals surface area contributed by atoms with E-state index in [-0.39, 0.29) is 11.3 Å². The van der Waals surface area contributed by atoms with Gasteiger partial charge in [0.15, 0.2) is 9.84 Å². The van der Waals surface area contributed by atoms with Gasteiger partial charge in [-0.3, -0.25) is 9.69 Å². The fraction of sp³-hybridized carbons (Fsp3) is 0.211. The molecule has 3 rings (SSSR count). The first kappa shape index (κ1) is 18.9. The molecule has 1 unspecified atom stereocenters. The summed E-state index contributed by atoms with van der Waals surface area (Å²) in [6.07, 6.45) is 1.44. The number of hydrogen-bond acceptors (Lipinski definition) is 5. The summed E-state index contributed by atoms with van der Waals surface area (Å²) in [5, 5.41) is 1.08. The molecule has 0 spiro atoms. The van der Waals surface area contributed by atoms with E-state index in [0.29, 0.717) is 17.2 Å². The molecule has 1 atom stereocenters. The number of hydrogen-bond donors (Lipinski definition) is 0. The van der Waals surface area contributed by atoms with Gasteiger partial charge < -0.3 is 9.47 Å². The predicted octanol–water partition coefficient (Wildman–Crippen LogP) is 2.80. The van der Waals surface area contributed by atoms with Gasteiger partial charge in [0.2, 0.25) is 0 Å². The van der Waals surface area contributed by atoms with Crippen molar-refractivity contribution in [1.29, 1.82) is 0 Å². The minimum Gasteiger partial charge on any atom is -0.497 e. The largest absolute Gasteiger partial charge is 0.497 e. The fourth-order valence-corrected chi connectivity index (χ4v) is 4.17.